The van der Waals surface area contributed by atoms with E-state index in [0.29, 0.717) is 10.5 Å². The second-order valence-corrected chi connectivity index (χ2v) is 6.02. The van der Waals surface area contributed by atoms with Gasteiger partial charge in [-0.25, -0.2) is 0 Å². The molecule has 2 aromatic carbocycles. The maximum Gasteiger partial charge on any atom is 0.416 e. The van der Waals surface area contributed by atoms with Crippen LogP contribution >= 0.6 is 11.8 Å². The average molecular weight is 360 g/mol. The highest BCUT2D eigenvalue weighted by atomic mass is 32.2. The Bertz CT molecular complexity index is 1060. The molecular weight excluding hydrogens is 349 g/mol. The minimum Gasteiger partial charge on any atom is -0.303 e. The number of hydrogen-bond acceptors (Lipinski definition) is 3. The number of hydrogen-bond donors (Lipinski definition) is 0. The molecule has 25 heavy (non-hydrogen) atoms. The van der Waals surface area contributed by atoms with Gasteiger partial charge in [0.05, 0.1) is 11.1 Å². The van der Waals surface area contributed by atoms with Gasteiger partial charge in [-0.1, -0.05) is 18.2 Å². The van der Waals surface area contributed by atoms with Gasteiger partial charge in [-0.3, -0.25) is 4.79 Å². The predicted molar refractivity (Wildman–Crippen MR) is 91.0 cm³/mol. The number of fused-ring (bicyclic) bond motifs is 1. The second kappa shape index (κ2) is 6.30. The van der Waals surface area contributed by atoms with Crippen LogP contribution in [0.2, 0.25) is 0 Å². The van der Waals surface area contributed by atoms with Crippen LogP contribution < -0.4 is 5.43 Å². The number of nitrogens with zero attached hydrogens (tertiary/aromatic N) is 2. The molecule has 126 valence electrons. The molecule has 1 aromatic heterocycles. The van der Waals surface area contributed by atoms with Gasteiger partial charge in [-0.15, -0.1) is 11.8 Å². The summed E-state index contributed by atoms with van der Waals surface area (Å²) in [6.07, 6.45) is -2.81. The molecule has 0 radical (unpaired) electrons. The van der Waals surface area contributed by atoms with E-state index in [0.717, 1.165) is 23.9 Å². The van der Waals surface area contributed by atoms with Gasteiger partial charge in [-0.05, 0) is 36.6 Å². The largest absolute Gasteiger partial charge is 0.416 e. The molecule has 0 atom stereocenters. The van der Waals surface area contributed by atoms with Gasteiger partial charge in [0.25, 0.3) is 0 Å². The summed E-state index contributed by atoms with van der Waals surface area (Å²) in [5.41, 5.74) is -0.602. The number of aromatic nitrogens is 1. The van der Waals surface area contributed by atoms with Gasteiger partial charge in [0.1, 0.15) is 16.7 Å². The lowest BCUT2D eigenvalue weighted by atomic mass is 10.1. The molecule has 0 bridgehead atoms. The third-order valence-corrected chi connectivity index (χ3v) is 4.54. The summed E-state index contributed by atoms with van der Waals surface area (Å²) < 4.78 is 40.7. The first-order chi connectivity index (χ1) is 11.9. The van der Waals surface area contributed by atoms with Gasteiger partial charge < -0.3 is 4.57 Å². The molecule has 7 heteroatoms. The number of thioether (sulfide) groups is 1. The Labute approximate surface area is 145 Å². The van der Waals surface area contributed by atoms with E-state index in [1.807, 2.05) is 6.07 Å². The summed E-state index contributed by atoms with van der Waals surface area (Å²) >= 11 is 1.14. The highest BCUT2D eigenvalue weighted by Gasteiger charge is 2.31. The Morgan fingerprint density at radius 3 is 2.48 bits per heavy atom. The van der Waals surface area contributed by atoms with E-state index < -0.39 is 17.2 Å². The van der Waals surface area contributed by atoms with E-state index in [1.54, 1.807) is 30.5 Å². The fourth-order valence-corrected chi connectivity index (χ4v) is 3.41. The predicted octanol–water partition coefficient (Wildman–Crippen LogP) is 4.60. The first-order valence-corrected chi connectivity index (χ1v) is 8.40. The van der Waals surface area contributed by atoms with E-state index in [9.17, 15) is 23.2 Å². The smallest absolute Gasteiger partial charge is 0.303 e. The maximum atomic E-state index is 13.1. The van der Waals surface area contributed by atoms with Crippen LogP contribution in [0.15, 0.2) is 58.4 Å². The first kappa shape index (κ1) is 17.1. The normalized spacial score (nSPS) is 11.5. The van der Waals surface area contributed by atoms with Crippen LogP contribution in [0.3, 0.4) is 0 Å². The van der Waals surface area contributed by atoms with E-state index in [2.05, 4.69) is 0 Å². The quantitative estimate of drug-likeness (QED) is 0.627. The Kier molecular flexibility index (Phi) is 4.31. The van der Waals surface area contributed by atoms with Crippen LogP contribution in [0.25, 0.3) is 16.6 Å². The lowest BCUT2D eigenvalue weighted by Gasteiger charge is -2.18. The van der Waals surface area contributed by atoms with E-state index >= 15 is 0 Å². The van der Waals surface area contributed by atoms with Crippen molar-refractivity contribution < 1.29 is 13.2 Å². The fourth-order valence-electron chi connectivity index (χ4n) is 2.68. The van der Waals surface area contributed by atoms with Crippen molar-refractivity contribution in [2.45, 2.75) is 11.2 Å². The third-order valence-electron chi connectivity index (χ3n) is 3.77. The van der Waals surface area contributed by atoms with Crippen molar-refractivity contribution >= 4 is 22.7 Å². The van der Waals surface area contributed by atoms with Gasteiger partial charge in [0.15, 0.2) is 0 Å². The highest BCUT2D eigenvalue weighted by molar-refractivity contribution is 7.98. The summed E-state index contributed by atoms with van der Waals surface area (Å²) in [5, 5.41) is 9.99. The molecule has 3 nitrogen and oxygen atoms in total. The van der Waals surface area contributed by atoms with Crippen molar-refractivity contribution in [3.63, 3.8) is 0 Å². The van der Waals surface area contributed by atoms with Crippen LogP contribution in [0, 0.1) is 11.3 Å². The number of benzene rings is 2. The minimum absolute atomic E-state index is 0.0800. The monoisotopic (exact) mass is 360 g/mol. The van der Waals surface area contributed by atoms with Crippen LogP contribution in [0.5, 0.6) is 0 Å². The molecular formula is C18H11F3N2OS. The molecule has 0 aliphatic rings. The van der Waals surface area contributed by atoms with Crippen molar-refractivity contribution in [2.24, 2.45) is 0 Å². The van der Waals surface area contributed by atoms with Gasteiger partial charge in [0.2, 0.25) is 5.43 Å². The van der Waals surface area contributed by atoms with Crippen LogP contribution in [-0.4, -0.2) is 10.8 Å². The third kappa shape index (κ3) is 2.89. The minimum atomic E-state index is -4.48. The van der Waals surface area contributed by atoms with Crippen LogP contribution in [0.1, 0.15) is 11.1 Å². The molecule has 0 aliphatic heterocycles. The molecule has 0 spiro atoms. The van der Waals surface area contributed by atoms with E-state index in [-0.39, 0.29) is 16.6 Å². The summed E-state index contributed by atoms with van der Waals surface area (Å²) in [7, 11) is 0. The van der Waals surface area contributed by atoms with Gasteiger partial charge in [0, 0.05) is 11.1 Å². The average Bonchev–Trinajstić information content (AvgIpc) is 2.61. The SMILES string of the molecule is CSc1c(C#N)c(=O)c2ccccc2n1-c1cccc(C(F)(F)F)c1. The Morgan fingerprint density at radius 2 is 1.84 bits per heavy atom. The molecule has 0 unspecified atom stereocenters. The number of rotatable bonds is 2. The Morgan fingerprint density at radius 1 is 1.12 bits per heavy atom. The molecule has 0 saturated heterocycles. The zero-order chi connectivity index (χ0) is 18.2. The standard InChI is InChI=1S/C18H11F3N2OS/c1-25-17-14(10-22)16(24)13-7-2-3-8-15(13)23(17)12-6-4-5-11(9-12)18(19,20)21/h2-9H,1H3. The maximum absolute atomic E-state index is 13.1. The zero-order valence-corrected chi connectivity index (χ0v) is 13.8. The van der Waals surface area contributed by atoms with Gasteiger partial charge >= 0.3 is 6.18 Å². The van der Waals surface area contributed by atoms with Crippen molar-refractivity contribution in [3.8, 4) is 11.8 Å². The second-order valence-electron chi connectivity index (χ2n) is 5.23. The summed E-state index contributed by atoms with van der Waals surface area (Å²) in [6, 6.07) is 13.3. The summed E-state index contributed by atoms with van der Waals surface area (Å²) in [6.45, 7) is 0. The van der Waals surface area contributed by atoms with Gasteiger partial charge in [-0.2, -0.15) is 18.4 Å². The molecule has 0 amide bonds. The number of para-hydroxylation sites is 1. The lowest BCUT2D eigenvalue weighted by Crippen LogP contribution is -2.16. The number of nitriles is 1. The van der Waals surface area contributed by atoms with Crippen LogP contribution in [0.4, 0.5) is 13.2 Å². The van der Waals surface area contributed by atoms with Crippen molar-refractivity contribution in [3.05, 3.63) is 69.9 Å². The molecule has 0 saturated carbocycles. The molecule has 0 N–H and O–H groups in total. The van der Waals surface area contributed by atoms with Crippen molar-refractivity contribution in [1.82, 2.24) is 4.57 Å². The summed E-state index contributed by atoms with van der Waals surface area (Å²) in [5.74, 6) is 0. The van der Waals surface area contributed by atoms with E-state index in [4.69, 9.17) is 0 Å². The molecule has 0 aliphatic carbocycles. The molecule has 3 aromatic rings. The topological polar surface area (TPSA) is 45.8 Å². The number of halogens is 3. The van der Waals surface area contributed by atoms with Crippen molar-refractivity contribution in [1.29, 1.82) is 5.26 Å². The van der Waals surface area contributed by atoms with E-state index in [1.165, 1.54) is 16.7 Å². The molecule has 3 rings (SSSR count). The number of alkyl halides is 3. The lowest BCUT2D eigenvalue weighted by molar-refractivity contribution is -0.137. The number of pyridine rings is 1. The first-order valence-electron chi connectivity index (χ1n) is 7.18. The Hall–Kier alpha value is -2.72. The zero-order valence-electron chi connectivity index (χ0n) is 13.0. The summed E-state index contributed by atoms with van der Waals surface area (Å²) in [4.78, 5) is 12.5. The Balaban J connectivity index is 2.47. The fraction of sp³-hybridized carbons (Fsp3) is 0.111. The van der Waals surface area contributed by atoms with Crippen LogP contribution in [-0.2, 0) is 6.18 Å². The molecule has 1 heterocycles. The van der Waals surface area contributed by atoms with Crippen molar-refractivity contribution in [2.75, 3.05) is 6.26 Å². The molecule has 0 fully saturated rings. The highest BCUT2D eigenvalue weighted by Crippen LogP contribution is 2.33.